The van der Waals surface area contributed by atoms with Gasteiger partial charge in [0.05, 0.1) is 0 Å². The van der Waals surface area contributed by atoms with Crippen LogP contribution in [0.3, 0.4) is 0 Å². The minimum Gasteiger partial charge on any atom is -0.337 e. The van der Waals surface area contributed by atoms with Crippen LogP contribution >= 0.6 is 0 Å². The van der Waals surface area contributed by atoms with Crippen LogP contribution < -0.4 is 0 Å². The molecular formula is C18H20N4O. The number of aryl methyl sites for hydroxylation is 1. The van der Waals surface area contributed by atoms with Gasteiger partial charge in [0.15, 0.2) is 11.3 Å². The van der Waals surface area contributed by atoms with Crippen molar-refractivity contribution in [1.29, 1.82) is 0 Å². The molecule has 5 nitrogen and oxygen atoms in total. The van der Waals surface area contributed by atoms with E-state index in [4.69, 9.17) is 0 Å². The van der Waals surface area contributed by atoms with E-state index in [0.29, 0.717) is 11.3 Å². The Morgan fingerprint density at radius 1 is 1.17 bits per heavy atom. The maximum atomic E-state index is 12.8. The molecule has 0 spiro atoms. The molecule has 2 aromatic heterocycles. The highest BCUT2D eigenvalue weighted by molar-refractivity contribution is 5.97. The fourth-order valence-electron chi connectivity index (χ4n) is 2.57. The maximum absolute atomic E-state index is 12.8. The molecule has 0 fully saturated rings. The van der Waals surface area contributed by atoms with Crippen LogP contribution in [-0.4, -0.2) is 38.3 Å². The number of nitrogens with zero attached hydrogens (tertiary/aromatic N) is 4. The fourth-order valence-corrected chi connectivity index (χ4v) is 2.57. The Labute approximate surface area is 135 Å². The average Bonchev–Trinajstić information content (AvgIpc) is 3.04. The van der Waals surface area contributed by atoms with Gasteiger partial charge in [-0.3, -0.25) is 4.79 Å². The quantitative estimate of drug-likeness (QED) is 0.744. The number of rotatable bonds is 4. The molecule has 0 saturated heterocycles. The smallest absolute Gasteiger partial charge is 0.276 e. The van der Waals surface area contributed by atoms with Crippen LogP contribution in [0.2, 0.25) is 0 Å². The van der Waals surface area contributed by atoms with E-state index in [1.807, 2.05) is 20.2 Å². The fraction of sp³-hybridized carbons (Fsp3) is 0.278. The molecule has 0 aliphatic heterocycles. The number of aromatic nitrogens is 3. The number of carbonyl (C=O) groups excluding carboxylic acids is 1. The normalized spacial score (nSPS) is 12.3. The van der Waals surface area contributed by atoms with Gasteiger partial charge < -0.3 is 9.30 Å². The van der Waals surface area contributed by atoms with Gasteiger partial charge in [-0.1, -0.05) is 29.8 Å². The Kier molecular flexibility index (Phi) is 4.10. The topological polar surface area (TPSA) is 50.5 Å². The number of carbonyl (C=O) groups is 1. The average molecular weight is 308 g/mol. The molecule has 1 amide bonds. The number of likely N-dealkylation sites (N-methyl/N-ethyl adjacent to an activating group) is 1. The highest BCUT2D eigenvalue weighted by atomic mass is 16.2. The molecule has 0 unspecified atom stereocenters. The van der Waals surface area contributed by atoms with Crippen LogP contribution in [0.4, 0.5) is 0 Å². The molecule has 3 rings (SSSR count). The lowest BCUT2D eigenvalue weighted by molar-refractivity contribution is 0.0739. The molecule has 118 valence electrons. The van der Waals surface area contributed by atoms with Crippen LogP contribution in [0.15, 0.2) is 49.1 Å². The van der Waals surface area contributed by atoms with Crippen molar-refractivity contribution < 1.29 is 4.79 Å². The Morgan fingerprint density at radius 3 is 2.52 bits per heavy atom. The Morgan fingerprint density at radius 2 is 1.83 bits per heavy atom. The standard InChI is InChI=1S/C18H20N4O/c1-13-4-6-15(7-5-13)12-14(2)21(3)18(23)16-17-20-9-11-22(17)10-8-19-16/h4-11,14H,12H2,1-3H3/t14-/m0/s1. The largest absolute Gasteiger partial charge is 0.337 e. The van der Waals surface area contributed by atoms with Crippen LogP contribution in [0.5, 0.6) is 0 Å². The summed E-state index contributed by atoms with van der Waals surface area (Å²) in [5.41, 5.74) is 3.43. The van der Waals surface area contributed by atoms with Gasteiger partial charge in [-0.2, -0.15) is 0 Å². The molecule has 0 bridgehead atoms. The van der Waals surface area contributed by atoms with E-state index in [2.05, 4.69) is 41.2 Å². The van der Waals surface area contributed by atoms with E-state index in [0.717, 1.165) is 6.42 Å². The number of fused-ring (bicyclic) bond motifs is 1. The summed E-state index contributed by atoms with van der Waals surface area (Å²) in [6.45, 7) is 4.11. The second-order valence-corrected chi connectivity index (χ2v) is 5.89. The van der Waals surface area contributed by atoms with Crippen LogP contribution in [0.25, 0.3) is 5.65 Å². The zero-order chi connectivity index (χ0) is 16.4. The summed E-state index contributed by atoms with van der Waals surface area (Å²) < 4.78 is 1.80. The van der Waals surface area contributed by atoms with Crippen molar-refractivity contribution >= 4 is 11.6 Å². The molecule has 0 aliphatic carbocycles. The van der Waals surface area contributed by atoms with Crippen LogP contribution in [-0.2, 0) is 6.42 Å². The van der Waals surface area contributed by atoms with E-state index >= 15 is 0 Å². The number of hydrogen-bond donors (Lipinski definition) is 0. The zero-order valence-electron chi connectivity index (χ0n) is 13.6. The van der Waals surface area contributed by atoms with Crippen LogP contribution in [0, 0.1) is 6.92 Å². The Bertz CT molecular complexity index is 822. The van der Waals surface area contributed by atoms with Gasteiger partial charge in [0.1, 0.15) is 0 Å². The Hall–Kier alpha value is -2.69. The van der Waals surface area contributed by atoms with Gasteiger partial charge in [0.25, 0.3) is 5.91 Å². The van der Waals surface area contributed by atoms with Crippen molar-refractivity contribution in [1.82, 2.24) is 19.3 Å². The summed E-state index contributed by atoms with van der Waals surface area (Å²) in [7, 11) is 1.81. The first-order chi connectivity index (χ1) is 11.1. The lowest BCUT2D eigenvalue weighted by Gasteiger charge is -2.25. The highest BCUT2D eigenvalue weighted by Gasteiger charge is 2.21. The molecule has 2 heterocycles. The molecule has 0 radical (unpaired) electrons. The summed E-state index contributed by atoms with van der Waals surface area (Å²) in [6, 6.07) is 8.48. The monoisotopic (exact) mass is 308 g/mol. The van der Waals surface area contributed by atoms with Crippen LogP contribution in [0.1, 0.15) is 28.5 Å². The van der Waals surface area contributed by atoms with Crippen molar-refractivity contribution in [3.05, 3.63) is 65.9 Å². The summed E-state index contributed by atoms with van der Waals surface area (Å²) in [5, 5.41) is 0. The van der Waals surface area contributed by atoms with Gasteiger partial charge in [-0.15, -0.1) is 0 Å². The number of hydrogen-bond acceptors (Lipinski definition) is 3. The third kappa shape index (κ3) is 3.08. The number of imidazole rings is 1. The molecule has 0 aliphatic rings. The Balaban J connectivity index is 1.78. The van der Waals surface area contributed by atoms with Gasteiger partial charge in [0.2, 0.25) is 0 Å². The first-order valence-electron chi connectivity index (χ1n) is 7.66. The first kappa shape index (κ1) is 15.2. The molecule has 23 heavy (non-hydrogen) atoms. The number of benzene rings is 1. The van der Waals surface area contributed by atoms with Crippen molar-refractivity contribution in [2.24, 2.45) is 0 Å². The number of amides is 1. The molecule has 0 N–H and O–H groups in total. The van der Waals surface area contributed by atoms with E-state index in [-0.39, 0.29) is 11.9 Å². The lowest BCUT2D eigenvalue weighted by Crippen LogP contribution is -2.37. The van der Waals surface area contributed by atoms with Gasteiger partial charge in [0, 0.05) is 37.9 Å². The SMILES string of the molecule is Cc1ccc(C[C@H](C)N(C)C(=O)c2nccn3ccnc23)cc1. The first-order valence-corrected chi connectivity index (χ1v) is 7.66. The minimum atomic E-state index is -0.110. The predicted octanol–water partition coefficient (Wildman–Crippen LogP) is 2.74. The highest BCUT2D eigenvalue weighted by Crippen LogP contribution is 2.13. The molecular weight excluding hydrogens is 288 g/mol. The van der Waals surface area contributed by atoms with E-state index in [1.165, 1.54) is 11.1 Å². The molecule has 3 aromatic rings. The third-order valence-corrected chi connectivity index (χ3v) is 4.15. The van der Waals surface area contributed by atoms with Crippen molar-refractivity contribution in [3.63, 3.8) is 0 Å². The molecule has 0 saturated carbocycles. The van der Waals surface area contributed by atoms with E-state index in [1.54, 1.807) is 27.9 Å². The lowest BCUT2D eigenvalue weighted by atomic mass is 10.0. The van der Waals surface area contributed by atoms with Gasteiger partial charge in [-0.25, -0.2) is 9.97 Å². The van der Waals surface area contributed by atoms with Gasteiger partial charge in [-0.05, 0) is 25.8 Å². The predicted molar refractivity (Wildman–Crippen MR) is 89.4 cm³/mol. The second kappa shape index (κ2) is 6.20. The summed E-state index contributed by atoms with van der Waals surface area (Å²) >= 11 is 0. The minimum absolute atomic E-state index is 0.0715. The van der Waals surface area contributed by atoms with Gasteiger partial charge >= 0.3 is 0 Å². The maximum Gasteiger partial charge on any atom is 0.276 e. The summed E-state index contributed by atoms with van der Waals surface area (Å²) in [5.74, 6) is -0.110. The van der Waals surface area contributed by atoms with E-state index in [9.17, 15) is 4.79 Å². The zero-order valence-corrected chi connectivity index (χ0v) is 13.6. The van der Waals surface area contributed by atoms with E-state index < -0.39 is 0 Å². The van der Waals surface area contributed by atoms with Crippen molar-refractivity contribution in [2.75, 3.05) is 7.05 Å². The van der Waals surface area contributed by atoms with Crippen molar-refractivity contribution in [2.45, 2.75) is 26.3 Å². The second-order valence-electron chi connectivity index (χ2n) is 5.89. The summed E-state index contributed by atoms with van der Waals surface area (Å²) in [6.07, 6.45) is 7.70. The molecule has 5 heteroatoms. The third-order valence-electron chi connectivity index (χ3n) is 4.15. The van der Waals surface area contributed by atoms with Crippen molar-refractivity contribution in [3.8, 4) is 0 Å². The molecule has 1 aromatic carbocycles. The summed E-state index contributed by atoms with van der Waals surface area (Å²) in [4.78, 5) is 22.9. The molecule has 1 atom stereocenters.